The summed E-state index contributed by atoms with van der Waals surface area (Å²) in [6, 6.07) is 23.4. The molecule has 0 aliphatic heterocycles. The first kappa shape index (κ1) is 41.8. The Hall–Kier alpha value is -6.82. The van der Waals surface area contributed by atoms with Crippen LogP contribution >= 0.6 is 11.6 Å². The zero-order valence-corrected chi connectivity index (χ0v) is 31.8. The molecule has 1 aliphatic carbocycles. The van der Waals surface area contributed by atoms with Crippen LogP contribution in [0.5, 0.6) is 6.01 Å². The van der Waals surface area contributed by atoms with E-state index >= 15 is 0 Å². The molecule has 6 N–H and O–H groups in total. The van der Waals surface area contributed by atoms with E-state index in [1.165, 1.54) is 24.3 Å². The number of hydrogen-bond donors (Lipinski definition) is 6. The minimum absolute atomic E-state index is 0.0438. The maximum Gasteiger partial charge on any atom is 0.422 e. The van der Waals surface area contributed by atoms with Crippen LogP contribution in [0.1, 0.15) is 46.4 Å². The Bertz CT molecular complexity index is 2280. The van der Waals surface area contributed by atoms with Crippen molar-refractivity contribution >= 4 is 58.6 Å². The third-order valence-electron chi connectivity index (χ3n) is 8.99. The predicted molar refractivity (Wildman–Crippen MR) is 210 cm³/mol. The summed E-state index contributed by atoms with van der Waals surface area (Å²) in [6.45, 7) is -1.88. The van der Waals surface area contributed by atoms with Gasteiger partial charge in [-0.05, 0) is 104 Å². The van der Waals surface area contributed by atoms with Gasteiger partial charge in [-0.3, -0.25) is 19.4 Å². The molecule has 306 valence electrons. The number of aromatic nitrogens is 4. The van der Waals surface area contributed by atoms with Crippen molar-refractivity contribution in [2.75, 3.05) is 29.1 Å². The van der Waals surface area contributed by atoms with E-state index < -0.39 is 54.1 Å². The highest BCUT2D eigenvalue weighted by atomic mass is 35.5. The third kappa shape index (κ3) is 12.3. The number of carbonyl (C=O) groups is 4. The second-order valence-electron chi connectivity index (χ2n) is 13.5. The fourth-order valence-corrected chi connectivity index (χ4v) is 5.95. The van der Waals surface area contributed by atoms with Crippen molar-refractivity contribution in [1.29, 1.82) is 0 Å². The number of carboxylic acids is 1. The normalized spacial score (nSPS) is 13.4. The lowest BCUT2D eigenvalue weighted by Gasteiger charge is -2.19. The van der Waals surface area contributed by atoms with Crippen molar-refractivity contribution in [2.45, 2.75) is 49.9 Å². The molecule has 3 aromatic carbocycles. The number of aryl methyl sites for hydroxylation is 2. The van der Waals surface area contributed by atoms with E-state index in [2.05, 4.69) is 46.5 Å². The monoisotopic (exact) mass is 831 g/mol. The molecular weight excluding hydrogens is 795 g/mol. The highest BCUT2D eigenvalue weighted by Gasteiger charge is 2.45. The van der Waals surface area contributed by atoms with Gasteiger partial charge < -0.3 is 36.4 Å². The van der Waals surface area contributed by atoms with Gasteiger partial charge in [0.05, 0.1) is 5.54 Å². The molecule has 1 fully saturated rings. The van der Waals surface area contributed by atoms with Gasteiger partial charge >= 0.3 is 30.0 Å². The molecule has 2 aromatic heterocycles. The molecule has 19 heteroatoms. The number of aliphatic carboxylic acids is 1. The maximum atomic E-state index is 13.0. The van der Waals surface area contributed by atoms with Gasteiger partial charge in [0.2, 0.25) is 11.9 Å². The van der Waals surface area contributed by atoms with E-state index in [1.54, 1.807) is 36.5 Å². The van der Waals surface area contributed by atoms with Crippen molar-refractivity contribution in [3.63, 3.8) is 0 Å². The molecule has 0 spiro atoms. The highest BCUT2D eigenvalue weighted by molar-refractivity contribution is 6.39. The molecule has 15 nitrogen and oxygen atoms in total. The minimum atomic E-state index is -4.65. The Labute approximate surface area is 340 Å². The SMILES string of the molecule is O=C(NCC[C@H](NC(=O)c1ccc(Nc2nc(NC3(c4ccc(Cl)cc4)CC3)nc(OCC(F)(F)F)n2)cc1)C(=O)O)C(=O)Nc1cccc(CCc2ccccn2)c1. The highest BCUT2D eigenvalue weighted by Crippen LogP contribution is 2.48. The summed E-state index contributed by atoms with van der Waals surface area (Å²) in [5, 5.41) is 23.6. The number of carboxylic acid groups (broad SMARTS) is 1. The zero-order chi connectivity index (χ0) is 42.0. The Morgan fingerprint density at radius 1 is 0.847 bits per heavy atom. The average molecular weight is 832 g/mol. The van der Waals surface area contributed by atoms with Gasteiger partial charge in [0.1, 0.15) is 6.04 Å². The van der Waals surface area contributed by atoms with Crippen LogP contribution < -0.4 is 31.3 Å². The number of rotatable bonds is 17. The number of pyridine rings is 1. The molecule has 0 bridgehead atoms. The number of anilines is 4. The molecule has 1 atom stereocenters. The number of nitrogens with zero attached hydrogens (tertiary/aromatic N) is 4. The summed E-state index contributed by atoms with van der Waals surface area (Å²) in [4.78, 5) is 66.6. The smallest absolute Gasteiger partial charge is 0.422 e. The van der Waals surface area contributed by atoms with Gasteiger partial charge in [0.25, 0.3) is 5.91 Å². The van der Waals surface area contributed by atoms with Crippen molar-refractivity contribution in [1.82, 2.24) is 30.6 Å². The number of ether oxygens (including phenoxy) is 1. The lowest BCUT2D eigenvalue weighted by atomic mass is 10.1. The van der Waals surface area contributed by atoms with E-state index in [9.17, 15) is 37.5 Å². The summed E-state index contributed by atoms with van der Waals surface area (Å²) >= 11 is 6.03. The summed E-state index contributed by atoms with van der Waals surface area (Å²) < 4.78 is 43.7. The number of nitrogens with one attached hydrogen (secondary N) is 5. The first-order valence-corrected chi connectivity index (χ1v) is 18.6. The maximum absolute atomic E-state index is 13.0. The number of amides is 3. The summed E-state index contributed by atoms with van der Waals surface area (Å²) in [5.74, 6) is -4.26. The molecule has 59 heavy (non-hydrogen) atoms. The zero-order valence-electron chi connectivity index (χ0n) is 31.1. The average Bonchev–Trinajstić information content (AvgIpc) is 3.99. The van der Waals surface area contributed by atoms with E-state index in [0.29, 0.717) is 42.1 Å². The molecule has 1 aliphatic rings. The lowest BCUT2D eigenvalue weighted by molar-refractivity contribution is -0.154. The van der Waals surface area contributed by atoms with Crippen LogP contribution in [-0.4, -0.2) is 74.1 Å². The second kappa shape index (κ2) is 18.6. The Balaban J connectivity index is 1.01. The lowest BCUT2D eigenvalue weighted by Crippen LogP contribution is -2.44. The Morgan fingerprint density at radius 3 is 2.27 bits per heavy atom. The molecule has 0 radical (unpaired) electrons. The summed E-state index contributed by atoms with van der Waals surface area (Å²) in [7, 11) is 0. The number of halogens is 4. The van der Waals surface area contributed by atoms with E-state index in [-0.39, 0.29) is 30.4 Å². The van der Waals surface area contributed by atoms with E-state index in [0.717, 1.165) is 16.8 Å². The predicted octanol–water partition coefficient (Wildman–Crippen LogP) is 5.82. The molecule has 5 aromatic rings. The molecule has 1 saturated carbocycles. The van der Waals surface area contributed by atoms with Crippen LogP contribution in [-0.2, 0) is 32.8 Å². The summed E-state index contributed by atoms with van der Waals surface area (Å²) in [5.41, 5.74) is 2.96. The van der Waals surface area contributed by atoms with Gasteiger partial charge in [-0.2, -0.15) is 28.1 Å². The van der Waals surface area contributed by atoms with Crippen LogP contribution in [0, 0.1) is 0 Å². The first-order valence-electron chi connectivity index (χ1n) is 18.2. The van der Waals surface area contributed by atoms with Crippen molar-refractivity contribution < 1.29 is 42.2 Å². The van der Waals surface area contributed by atoms with Crippen molar-refractivity contribution in [2.24, 2.45) is 0 Å². The molecule has 2 heterocycles. The van der Waals surface area contributed by atoms with Crippen molar-refractivity contribution in [3.8, 4) is 6.01 Å². The van der Waals surface area contributed by atoms with Gasteiger partial charge in [0.15, 0.2) is 6.61 Å². The topological polar surface area (TPSA) is 209 Å². The van der Waals surface area contributed by atoms with Crippen LogP contribution in [0.2, 0.25) is 5.02 Å². The van der Waals surface area contributed by atoms with E-state index in [4.69, 9.17) is 16.3 Å². The van der Waals surface area contributed by atoms with Crippen LogP contribution in [0.15, 0.2) is 97.2 Å². The van der Waals surface area contributed by atoms with Gasteiger partial charge in [0, 0.05) is 40.4 Å². The molecule has 0 saturated heterocycles. The molecular formula is C40H37ClF3N9O6. The van der Waals surface area contributed by atoms with E-state index in [1.807, 2.05) is 36.4 Å². The van der Waals surface area contributed by atoms with Crippen LogP contribution in [0.3, 0.4) is 0 Å². The molecule has 0 unspecified atom stereocenters. The number of benzene rings is 3. The third-order valence-corrected chi connectivity index (χ3v) is 9.24. The van der Waals surface area contributed by atoms with Gasteiger partial charge in [-0.15, -0.1) is 0 Å². The fourth-order valence-electron chi connectivity index (χ4n) is 5.83. The Morgan fingerprint density at radius 2 is 1.59 bits per heavy atom. The number of carbonyl (C=O) groups excluding carboxylic acids is 3. The van der Waals surface area contributed by atoms with Crippen molar-refractivity contribution in [3.05, 3.63) is 125 Å². The summed E-state index contributed by atoms with van der Waals surface area (Å²) in [6.07, 6.45) is -0.428. The van der Waals surface area contributed by atoms with Crippen LogP contribution in [0.4, 0.5) is 36.4 Å². The standard InChI is InChI=1S/C40H37ClF3N9O6/c41-27-12-10-26(11-13-27)39(18-19-39)53-37-50-36(51-38(52-37)59-23-40(42,43)44)48-29-15-8-25(9-16-29)32(54)49-31(35(57)58)17-21-46-33(55)34(56)47-30-6-3-4-24(22-30)7-14-28-5-1-2-20-45-28/h1-6,8-13,15-16,20,22,31H,7,14,17-19,21,23H2,(H,46,55)(H,47,56)(H,49,54)(H,57,58)(H2,48,50,51,52,53)/t31-/m0/s1. The largest absolute Gasteiger partial charge is 0.480 e. The van der Waals surface area contributed by atoms with Crippen LogP contribution in [0.25, 0.3) is 0 Å². The minimum Gasteiger partial charge on any atom is -0.480 e. The second-order valence-corrected chi connectivity index (χ2v) is 13.9. The quantitative estimate of drug-likeness (QED) is 0.0613. The van der Waals surface area contributed by atoms with Gasteiger partial charge in [-0.25, -0.2) is 4.79 Å². The molecule has 6 rings (SSSR count). The first-order chi connectivity index (χ1) is 28.2. The number of hydrogen-bond acceptors (Lipinski definition) is 11. The van der Waals surface area contributed by atoms with Gasteiger partial charge in [-0.1, -0.05) is 41.9 Å². The Kier molecular flexibility index (Phi) is 13.2. The number of alkyl halides is 3. The molecule has 3 amide bonds. The fraction of sp³-hybridized carbons (Fsp3) is 0.250.